The van der Waals surface area contributed by atoms with Gasteiger partial charge < -0.3 is 9.79 Å². The number of carbonyl (C=O) groups is 1. The second-order valence-electron chi connectivity index (χ2n) is 7.59. The van der Waals surface area contributed by atoms with E-state index in [-0.39, 0.29) is 30.1 Å². The Hall–Kier alpha value is -2.34. The van der Waals surface area contributed by atoms with E-state index in [1.807, 2.05) is 0 Å². The van der Waals surface area contributed by atoms with Crippen molar-refractivity contribution >= 4 is 30.7 Å². The van der Waals surface area contributed by atoms with Gasteiger partial charge in [-0.1, -0.05) is 42.1 Å². The molecule has 9 nitrogen and oxygen atoms in total. The first-order chi connectivity index (χ1) is 16.2. The van der Waals surface area contributed by atoms with Gasteiger partial charge >= 0.3 is 13.9 Å². The molecule has 1 atom stereocenters. The first-order valence-electron chi connectivity index (χ1n) is 10.4. The quantitative estimate of drug-likeness (QED) is 0.422. The minimum Gasteiger partial charge on any atom is -0.303 e. The fourth-order valence-electron chi connectivity index (χ4n) is 3.74. The molecule has 2 aliphatic rings. The van der Waals surface area contributed by atoms with Gasteiger partial charge in [0.15, 0.2) is 0 Å². The molecule has 0 aromatic heterocycles. The monoisotopic (exact) mass is 513 g/mol. The second kappa shape index (κ2) is 10.1. The van der Waals surface area contributed by atoms with E-state index in [0.717, 1.165) is 30.0 Å². The van der Waals surface area contributed by atoms with Gasteiger partial charge in [0.05, 0.1) is 19.8 Å². The summed E-state index contributed by atoms with van der Waals surface area (Å²) in [6.45, 7) is 0.410. The highest BCUT2D eigenvalue weighted by Gasteiger charge is 2.50. The van der Waals surface area contributed by atoms with Crippen molar-refractivity contribution in [1.29, 1.82) is 0 Å². The van der Waals surface area contributed by atoms with Crippen LogP contribution < -0.4 is 0 Å². The number of phosphoric ester groups is 1. The van der Waals surface area contributed by atoms with Crippen LogP contribution in [0.5, 0.6) is 0 Å². The second-order valence-corrected chi connectivity index (χ2v) is 10.1. The molecule has 34 heavy (non-hydrogen) atoms. The zero-order valence-electron chi connectivity index (χ0n) is 17.8. The largest absolute Gasteiger partial charge is 0.469 e. The molecule has 0 saturated carbocycles. The van der Waals surface area contributed by atoms with Gasteiger partial charge in [0, 0.05) is 5.56 Å². The van der Waals surface area contributed by atoms with E-state index in [2.05, 4.69) is 9.63 Å². The molecular formula is C21H22F2N3O6PS. The number of nitrogens with zero attached hydrogens (tertiary/aromatic N) is 3. The number of thioether (sulfide) groups is 1. The van der Waals surface area contributed by atoms with Crippen LogP contribution in [0.3, 0.4) is 0 Å². The lowest BCUT2D eigenvalue weighted by molar-refractivity contribution is -0.0817. The molecule has 2 aromatic rings. The van der Waals surface area contributed by atoms with Crippen LogP contribution in [-0.2, 0) is 18.8 Å². The van der Waals surface area contributed by atoms with Gasteiger partial charge in [-0.3, -0.25) is 9.36 Å². The smallest absolute Gasteiger partial charge is 0.303 e. The van der Waals surface area contributed by atoms with Gasteiger partial charge in [0.1, 0.15) is 21.5 Å². The summed E-state index contributed by atoms with van der Waals surface area (Å²) in [7, 11) is -4.68. The third-order valence-corrected chi connectivity index (χ3v) is 7.21. The third-order valence-electron chi connectivity index (χ3n) is 5.25. The molecule has 2 aliphatic heterocycles. The van der Waals surface area contributed by atoms with Crippen LogP contribution >= 0.6 is 19.6 Å². The normalized spacial score (nSPS) is 20.6. The van der Waals surface area contributed by atoms with Gasteiger partial charge in [0.25, 0.3) is 0 Å². The Morgan fingerprint density at radius 2 is 2.00 bits per heavy atom. The van der Waals surface area contributed by atoms with E-state index in [1.165, 1.54) is 10.1 Å². The number of hydrogen-bond donors (Lipinski definition) is 2. The molecule has 1 unspecified atom stereocenters. The van der Waals surface area contributed by atoms with E-state index < -0.39 is 30.4 Å². The third kappa shape index (κ3) is 5.32. The Morgan fingerprint density at radius 1 is 1.24 bits per heavy atom. The summed E-state index contributed by atoms with van der Waals surface area (Å²) in [6.07, 6.45) is 0.910. The molecule has 1 fully saturated rings. The van der Waals surface area contributed by atoms with Crippen LogP contribution in [-0.4, -0.2) is 50.7 Å². The Bertz CT molecular complexity index is 1130. The minimum absolute atomic E-state index is 0.0873. The first kappa shape index (κ1) is 24.8. The van der Waals surface area contributed by atoms with Gasteiger partial charge in [-0.2, -0.15) is 10.1 Å². The zero-order valence-corrected chi connectivity index (χ0v) is 19.6. The molecule has 13 heteroatoms. The zero-order chi connectivity index (χ0) is 24.3. The van der Waals surface area contributed by atoms with Crippen LogP contribution in [0.1, 0.15) is 30.4 Å². The summed E-state index contributed by atoms with van der Waals surface area (Å²) >= 11 is 1.06. The Kier molecular flexibility index (Phi) is 7.36. The lowest BCUT2D eigenvalue weighted by Crippen LogP contribution is -2.47. The van der Waals surface area contributed by atoms with Gasteiger partial charge in [-0.25, -0.2) is 23.2 Å². The number of phosphoric acid groups is 1. The van der Waals surface area contributed by atoms with Crippen molar-refractivity contribution in [3.63, 3.8) is 0 Å². The van der Waals surface area contributed by atoms with Crippen molar-refractivity contribution in [3.05, 3.63) is 71.3 Å². The van der Waals surface area contributed by atoms with Gasteiger partial charge in [0.2, 0.25) is 0 Å². The molecule has 2 amide bonds. The topological polar surface area (TPSA) is 112 Å². The SMILES string of the molecule is O=C(N1CCCO1)N1N=C(c2cc(F)ccc2F)SC1(CCCOP(=O)(O)O)c1ccccc1. The molecule has 2 aromatic carbocycles. The lowest BCUT2D eigenvalue weighted by atomic mass is 10.0. The summed E-state index contributed by atoms with van der Waals surface area (Å²) < 4.78 is 44.3. The number of amides is 2. The van der Waals surface area contributed by atoms with Crippen molar-refractivity contribution in [3.8, 4) is 0 Å². The molecule has 0 spiro atoms. The van der Waals surface area contributed by atoms with Crippen LogP contribution in [0.15, 0.2) is 53.6 Å². The van der Waals surface area contributed by atoms with E-state index in [1.54, 1.807) is 30.3 Å². The summed E-state index contributed by atoms with van der Waals surface area (Å²) in [6, 6.07) is 11.2. The van der Waals surface area contributed by atoms with E-state index >= 15 is 0 Å². The van der Waals surface area contributed by atoms with Crippen molar-refractivity contribution in [2.75, 3.05) is 19.8 Å². The van der Waals surface area contributed by atoms with Gasteiger partial charge in [-0.15, -0.1) is 0 Å². The summed E-state index contributed by atoms with van der Waals surface area (Å²) in [5.74, 6) is -1.36. The average molecular weight is 513 g/mol. The van der Waals surface area contributed by atoms with E-state index in [9.17, 15) is 18.1 Å². The predicted octanol–water partition coefficient (Wildman–Crippen LogP) is 4.18. The number of rotatable bonds is 7. The number of urea groups is 1. The molecule has 0 radical (unpaired) electrons. The van der Waals surface area contributed by atoms with Crippen molar-refractivity contribution in [1.82, 2.24) is 10.1 Å². The maximum absolute atomic E-state index is 14.6. The number of hydrogen-bond acceptors (Lipinski definition) is 6. The summed E-state index contributed by atoms with van der Waals surface area (Å²) in [5.41, 5.74) is 0.536. The maximum atomic E-state index is 14.6. The highest BCUT2D eigenvalue weighted by molar-refractivity contribution is 8.15. The van der Waals surface area contributed by atoms with Crippen molar-refractivity contribution in [2.24, 2.45) is 5.10 Å². The van der Waals surface area contributed by atoms with Crippen LogP contribution in [0, 0.1) is 11.6 Å². The van der Waals surface area contributed by atoms with Gasteiger partial charge in [-0.05, 0) is 43.0 Å². The highest BCUT2D eigenvalue weighted by atomic mass is 32.2. The Labute approximate surface area is 198 Å². The molecule has 1 saturated heterocycles. The number of hydroxylamine groups is 2. The molecule has 0 aliphatic carbocycles. The van der Waals surface area contributed by atoms with Crippen LogP contribution in [0.25, 0.3) is 0 Å². The average Bonchev–Trinajstić information content (AvgIpc) is 3.47. The number of hydrazone groups is 1. The van der Waals surface area contributed by atoms with Crippen LogP contribution in [0.4, 0.5) is 13.6 Å². The molecule has 182 valence electrons. The number of halogens is 2. The van der Waals surface area contributed by atoms with Crippen molar-refractivity contribution < 1.29 is 37.3 Å². The standard InChI is InChI=1S/C21H22F2N3O6PS/c22-16-8-9-18(23)17(14-16)19-24-26(20(27)25-11-5-12-31-25)21(34-19,15-6-2-1-3-7-15)10-4-13-32-33(28,29)30/h1-3,6-9,14H,4-5,10-13H2,(H2,28,29,30). The van der Waals surface area contributed by atoms with E-state index in [0.29, 0.717) is 25.1 Å². The number of carbonyl (C=O) groups excluding carboxylic acids is 1. The Balaban J connectivity index is 1.75. The number of benzene rings is 2. The minimum atomic E-state index is -4.68. The lowest BCUT2D eigenvalue weighted by Gasteiger charge is -2.37. The molecule has 0 bridgehead atoms. The van der Waals surface area contributed by atoms with E-state index in [4.69, 9.17) is 14.6 Å². The molecule has 4 rings (SSSR count). The maximum Gasteiger partial charge on any atom is 0.469 e. The van der Waals surface area contributed by atoms with Crippen LogP contribution in [0.2, 0.25) is 0 Å². The fraction of sp³-hybridized carbons (Fsp3) is 0.333. The molecule has 2 heterocycles. The fourth-order valence-corrected chi connectivity index (χ4v) is 5.52. The Morgan fingerprint density at radius 3 is 2.68 bits per heavy atom. The highest BCUT2D eigenvalue weighted by Crippen LogP contribution is 2.51. The molecule has 2 N–H and O–H groups in total. The summed E-state index contributed by atoms with van der Waals surface area (Å²) in [5, 5.41) is 6.83. The van der Waals surface area contributed by atoms with Crippen molar-refractivity contribution in [2.45, 2.75) is 24.1 Å². The first-order valence-corrected chi connectivity index (χ1v) is 12.8. The summed E-state index contributed by atoms with van der Waals surface area (Å²) in [4.78, 5) is 35.7. The predicted molar refractivity (Wildman–Crippen MR) is 120 cm³/mol. The molecular weight excluding hydrogens is 491 g/mol.